The maximum atomic E-state index is 11.7. The Morgan fingerprint density at radius 3 is 2.85 bits per heavy atom. The molecule has 0 bridgehead atoms. The molecule has 1 aliphatic heterocycles. The van der Waals surface area contributed by atoms with Crippen LogP contribution in [0.2, 0.25) is 0 Å². The lowest BCUT2D eigenvalue weighted by Crippen LogP contribution is -2.28. The lowest BCUT2D eigenvalue weighted by molar-refractivity contribution is 0.215. The summed E-state index contributed by atoms with van der Waals surface area (Å²) >= 11 is 0. The maximum Gasteiger partial charge on any atom is 0.491 e. The van der Waals surface area contributed by atoms with Crippen molar-refractivity contribution in [2.75, 3.05) is 5.32 Å². The number of amides is 1. The quantitative estimate of drug-likeness (QED) is 0.811. The number of anilines is 1. The zero-order chi connectivity index (χ0) is 13.9. The summed E-state index contributed by atoms with van der Waals surface area (Å²) in [6, 6.07) is 14.1. The van der Waals surface area contributed by atoms with E-state index in [1.807, 2.05) is 18.2 Å². The van der Waals surface area contributed by atoms with Gasteiger partial charge in [-0.15, -0.1) is 0 Å². The summed E-state index contributed by atoms with van der Waals surface area (Å²) in [7, 11) is -0.953. The fraction of sp³-hybridized carbons (Fsp3) is 0.0714. The summed E-state index contributed by atoms with van der Waals surface area (Å²) in [5.74, 6) is 0.363. The van der Waals surface area contributed by atoms with Gasteiger partial charge in [0.15, 0.2) is 0 Å². The van der Waals surface area contributed by atoms with Crippen molar-refractivity contribution in [2.24, 2.45) is 0 Å². The van der Waals surface area contributed by atoms with Gasteiger partial charge in [-0.05, 0) is 35.3 Å². The van der Waals surface area contributed by atoms with Crippen LogP contribution in [-0.4, -0.2) is 18.2 Å². The van der Waals surface area contributed by atoms with E-state index in [4.69, 9.17) is 9.39 Å². The second-order valence-electron chi connectivity index (χ2n) is 4.40. The molecule has 0 saturated heterocycles. The number of hydrogen-bond donors (Lipinski definition) is 2. The SMILES string of the molecule is O=C(Nc1ccccc1)Oc1ccc2c(c1)B(O)OC2. The van der Waals surface area contributed by atoms with Crippen LogP contribution < -0.4 is 15.5 Å². The van der Waals surface area contributed by atoms with Crippen molar-refractivity contribution in [3.63, 3.8) is 0 Å². The molecule has 0 radical (unpaired) electrons. The fourth-order valence-electron chi connectivity index (χ4n) is 2.03. The highest BCUT2D eigenvalue weighted by Gasteiger charge is 2.27. The molecule has 2 aromatic rings. The zero-order valence-corrected chi connectivity index (χ0v) is 10.6. The molecule has 0 fully saturated rings. The highest BCUT2D eigenvalue weighted by atomic mass is 16.6. The Morgan fingerprint density at radius 1 is 1.25 bits per heavy atom. The molecule has 0 atom stereocenters. The minimum absolute atomic E-state index is 0.363. The number of benzene rings is 2. The van der Waals surface area contributed by atoms with E-state index in [0.717, 1.165) is 5.56 Å². The van der Waals surface area contributed by atoms with Gasteiger partial charge >= 0.3 is 13.2 Å². The predicted molar refractivity (Wildman–Crippen MR) is 74.9 cm³/mol. The molecule has 0 aliphatic carbocycles. The number of nitrogens with one attached hydrogen (secondary N) is 1. The van der Waals surface area contributed by atoms with Crippen LogP contribution in [0.5, 0.6) is 5.75 Å². The molecule has 1 heterocycles. The van der Waals surface area contributed by atoms with Crippen molar-refractivity contribution < 1.29 is 19.2 Å². The van der Waals surface area contributed by atoms with Crippen LogP contribution in [0.1, 0.15) is 5.56 Å². The first-order chi connectivity index (χ1) is 9.72. The van der Waals surface area contributed by atoms with Crippen LogP contribution in [0.3, 0.4) is 0 Å². The Hall–Kier alpha value is -2.31. The predicted octanol–water partition coefficient (Wildman–Crippen LogP) is 1.52. The first-order valence-corrected chi connectivity index (χ1v) is 6.19. The number of ether oxygens (including phenoxy) is 1. The van der Waals surface area contributed by atoms with Crippen LogP contribution in [0, 0.1) is 0 Å². The average molecular weight is 269 g/mol. The number of carbonyl (C=O) groups is 1. The van der Waals surface area contributed by atoms with Crippen LogP contribution in [0.25, 0.3) is 0 Å². The van der Waals surface area contributed by atoms with Gasteiger partial charge in [0.2, 0.25) is 0 Å². The van der Waals surface area contributed by atoms with Gasteiger partial charge in [0.25, 0.3) is 0 Å². The van der Waals surface area contributed by atoms with E-state index in [9.17, 15) is 9.82 Å². The van der Waals surface area contributed by atoms with Crippen LogP contribution in [0.4, 0.5) is 10.5 Å². The average Bonchev–Trinajstić information content (AvgIpc) is 2.81. The van der Waals surface area contributed by atoms with Gasteiger partial charge in [-0.3, -0.25) is 5.32 Å². The number of rotatable bonds is 2. The third-order valence-electron chi connectivity index (χ3n) is 3.01. The molecule has 0 spiro atoms. The highest BCUT2D eigenvalue weighted by Crippen LogP contribution is 2.17. The number of fused-ring (bicyclic) bond motifs is 1. The molecule has 2 aromatic carbocycles. The summed E-state index contributed by atoms with van der Waals surface area (Å²) < 4.78 is 10.3. The van der Waals surface area contributed by atoms with Gasteiger partial charge in [-0.25, -0.2) is 4.79 Å². The number of hydrogen-bond acceptors (Lipinski definition) is 4. The first kappa shape index (κ1) is 12.7. The monoisotopic (exact) mass is 269 g/mol. The molecule has 3 rings (SSSR count). The zero-order valence-electron chi connectivity index (χ0n) is 10.6. The number of para-hydroxylation sites is 1. The molecule has 1 aliphatic rings. The standard InChI is InChI=1S/C14H12BNO4/c17-14(16-11-4-2-1-3-5-11)20-12-7-6-10-9-19-15(18)13(10)8-12/h1-8,18H,9H2,(H,16,17). The molecule has 100 valence electrons. The van der Waals surface area contributed by atoms with Gasteiger partial charge < -0.3 is 14.4 Å². The minimum atomic E-state index is -0.953. The van der Waals surface area contributed by atoms with Crippen LogP contribution in [0.15, 0.2) is 48.5 Å². The van der Waals surface area contributed by atoms with E-state index in [-0.39, 0.29) is 0 Å². The maximum absolute atomic E-state index is 11.7. The van der Waals surface area contributed by atoms with E-state index in [1.165, 1.54) is 0 Å². The highest BCUT2D eigenvalue weighted by molar-refractivity contribution is 6.61. The summed E-state index contributed by atoms with van der Waals surface area (Å²) in [4.78, 5) is 11.7. The van der Waals surface area contributed by atoms with Gasteiger partial charge in [-0.2, -0.15) is 0 Å². The Morgan fingerprint density at radius 2 is 2.05 bits per heavy atom. The largest absolute Gasteiger partial charge is 0.491 e. The Bertz CT molecular complexity index is 632. The Kier molecular flexibility index (Phi) is 3.41. The van der Waals surface area contributed by atoms with Gasteiger partial charge in [0, 0.05) is 5.69 Å². The normalized spacial score (nSPS) is 12.9. The molecule has 0 saturated carbocycles. The first-order valence-electron chi connectivity index (χ1n) is 6.19. The lowest BCUT2D eigenvalue weighted by atomic mass is 9.79. The third-order valence-corrected chi connectivity index (χ3v) is 3.01. The second kappa shape index (κ2) is 5.36. The minimum Gasteiger partial charge on any atom is -0.423 e. The van der Waals surface area contributed by atoms with Gasteiger partial charge in [0.05, 0.1) is 6.61 Å². The van der Waals surface area contributed by atoms with E-state index in [2.05, 4.69) is 5.32 Å². The van der Waals surface area contributed by atoms with Crippen molar-refractivity contribution >= 4 is 24.4 Å². The summed E-state index contributed by atoms with van der Waals surface area (Å²) in [6.07, 6.45) is -0.579. The van der Waals surface area contributed by atoms with Crippen LogP contribution in [-0.2, 0) is 11.3 Å². The molecule has 0 aromatic heterocycles. The molecular weight excluding hydrogens is 257 g/mol. The van der Waals surface area contributed by atoms with Crippen molar-refractivity contribution in [1.29, 1.82) is 0 Å². The van der Waals surface area contributed by atoms with E-state index in [0.29, 0.717) is 23.5 Å². The van der Waals surface area contributed by atoms with Crippen LogP contribution >= 0.6 is 0 Å². The summed E-state index contributed by atoms with van der Waals surface area (Å²) in [5, 5.41) is 12.2. The van der Waals surface area contributed by atoms with E-state index in [1.54, 1.807) is 30.3 Å². The lowest BCUT2D eigenvalue weighted by Gasteiger charge is -2.07. The molecule has 5 nitrogen and oxygen atoms in total. The van der Waals surface area contributed by atoms with Crippen molar-refractivity contribution in [1.82, 2.24) is 0 Å². The van der Waals surface area contributed by atoms with Crippen molar-refractivity contribution in [3.05, 3.63) is 54.1 Å². The smallest absolute Gasteiger partial charge is 0.423 e. The molecule has 6 heteroatoms. The molecular formula is C14H12BNO4. The van der Waals surface area contributed by atoms with Gasteiger partial charge in [-0.1, -0.05) is 24.3 Å². The van der Waals surface area contributed by atoms with Crippen molar-refractivity contribution in [3.8, 4) is 5.75 Å². The third kappa shape index (κ3) is 2.66. The van der Waals surface area contributed by atoms with E-state index < -0.39 is 13.2 Å². The topological polar surface area (TPSA) is 67.8 Å². The molecule has 20 heavy (non-hydrogen) atoms. The Labute approximate surface area is 116 Å². The Balaban J connectivity index is 1.69. The molecule has 0 unspecified atom stereocenters. The molecule has 2 N–H and O–H groups in total. The molecule has 1 amide bonds. The van der Waals surface area contributed by atoms with Gasteiger partial charge in [0.1, 0.15) is 5.75 Å². The van der Waals surface area contributed by atoms with E-state index >= 15 is 0 Å². The fourth-order valence-corrected chi connectivity index (χ4v) is 2.03. The second-order valence-corrected chi connectivity index (χ2v) is 4.40. The summed E-state index contributed by atoms with van der Waals surface area (Å²) in [6.45, 7) is 0.368. The number of carbonyl (C=O) groups excluding carboxylic acids is 1. The van der Waals surface area contributed by atoms with Crippen molar-refractivity contribution in [2.45, 2.75) is 6.61 Å². The summed E-state index contributed by atoms with van der Waals surface area (Å²) in [5.41, 5.74) is 2.19.